The van der Waals surface area contributed by atoms with E-state index in [1.165, 1.54) is 12.1 Å². The fourth-order valence-corrected chi connectivity index (χ4v) is 2.57. The Morgan fingerprint density at radius 3 is 3.00 bits per heavy atom. The van der Waals surface area contributed by atoms with Crippen molar-refractivity contribution in [2.45, 2.75) is 32.2 Å². The number of carbonyl (C=O) groups excluding carboxylic acids is 1. The van der Waals surface area contributed by atoms with E-state index >= 15 is 0 Å². The maximum absolute atomic E-state index is 13.7. The Hall–Kier alpha value is -2.02. The van der Waals surface area contributed by atoms with E-state index < -0.39 is 28.4 Å². The van der Waals surface area contributed by atoms with Crippen LogP contribution in [0.5, 0.6) is 0 Å². The summed E-state index contributed by atoms with van der Waals surface area (Å²) in [5.41, 5.74) is -0.806. The van der Waals surface area contributed by atoms with Crippen molar-refractivity contribution < 1.29 is 14.1 Å². The van der Waals surface area contributed by atoms with Crippen molar-refractivity contribution in [3.05, 3.63) is 34.1 Å². The van der Waals surface area contributed by atoms with Gasteiger partial charge in [0.25, 0.3) is 5.69 Å². The number of nitro benzene ring substituents is 1. The average Bonchev–Trinajstić information content (AvgIpc) is 2.49. The maximum Gasteiger partial charge on any atom is 0.295 e. The molecule has 1 heterocycles. The van der Waals surface area contributed by atoms with Crippen LogP contribution in [0.2, 0.25) is 0 Å². The fraction of sp³-hybridized carbons (Fsp3) is 0.500. The van der Waals surface area contributed by atoms with Crippen LogP contribution in [-0.4, -0.2) is 23.4 Å². The van der Waals surface area contributed by atoms with Gasteiger partial charge in [0.05, 0.1) is 11.0 Å². The highest BCUT2D eigenvalue weighted by Gasteiger charge is 2.28. The Kier molecular flexibility index (Phi) is 4.85. The monoisotopic (exact) mass is 295 g/mol. The van der Waals surface area contributed by atoms with Gasteiger partial charge in [-0.25, -0.2) is 4.39 Å². The van der Waals surface area contributed by atoms with Crippen LogP contribution in [-0.2, 0) is 4.79 Å². The zero-order valence-electron chi connectivity index (χ0n) is 11.8. The molecule has 0 bridgehead atoms. The number of anilines is 1. The molecule has 21 heavy (non-hydrogen) atoms. The zero-order chi connectivity index (χ0) is 15.4. The molecule has 1 aromatic rings. The van der Waals surface area contributed by atoms with Gasteiger partial charge in [0, 0.05) is 6.07 Å². The normalized spacial score (nSPS) is 21.8. The highest BCUT2D eigenvalue weighted by molar-refractivity contribution is 5.96. The highest BCUT2D eigenvalue weighted by atomic mass is 19.1. The minimum absolute atomic E-state index is 0.368. The largest absolute Gasteiger partial charge is 0.317 e. The number of piperidine rings is 1. The van der Waals surface area contributed by atoms with Gasteiger partial charge in [-0.15, -0.1) is 0 Å². The standard InChI is InChI=1S/C14H18FN3O3/c1-2-9-6-7-16-11(8-9)14(19)17-13-10(15)4-3-5-12(13)18(20)21/h3-5,9,11,16H,2,6-8H2,1H3,(H,17,19). The minimum atomic E-state index is -0.805. The first-order chi connectivity index (χ1) is 10.0. The molecular weight excluding hydrogens is 277 g/mol. The summed E-state index contributed by atoms with van der Waals surface area (Å²) in [5, 5.41) is 16.3. The van der Waals surface area contributed by atoms with Crippen molar-refractivity contribution in [1.29, 1.82) is 0 Å². The Morgan fingerprint density at radius 2 is 2.33 bits per heavy atom. The number of nitrogens with one attached hydrogen (secondary N) is 2. The number of hydrogen-bond donors (Lipinski definition) is 2. The summed E-state index contributed by atoms with van der Waals surface area (Å²) in [5.74, 6) is -0.792. The summed E-state index contributed by atoms with van der Waals surface area (Å²) in [7, 11) is 0. The molecule has 0 aliphatic carbocycles. The van der Waals surface area contributed by atoms with Crippen molar-refractivity contribution in [3.8, 4) is 0 Å². The van der Waals surface area contributed by atoms with Crippen molar-refractivity contribution in [3.63, 3.8) is 0 Å². The summed E-state index contributed by atoms with van der Waals surface area (Å²) >= 11 is 0. The van der Waals surface area contributed by atoms with Gasteiger partial charge >= 0.3 is 0 Å². The topological polar surface area (TPSA) is 84.3 Å². The van der Waals surface area contributed by atoms with Crippen molar-refractivity contribution in [1.82, 2.24) is 5.32 Å². The second kappa shape index (κ2) is 6.62. The number of nitro groups is 1. The molecule has 1 aliphatic heterocycles. The van der Waals surface area contributed by atoms with Gasteiger partial charge in [0.2, 0.25) is 5.91 Å². The lowest BCUT2D eigenvalue weighted by molar-refractivity contribution is -0.384. The lowest BCUT2D eigenvalue weighted by atomic mass is 9.90. The number of rotatable bonds is 4. The van der Waals surface area contributed by atoms with Crippen LogP contribution in [0.25, 0.3) is 0 Å². The molecule has 1 aliphatic rings. The third-order valence-corrected chi connectivity index (χ3v) is 3.84. The predicted octanol–water partition coefficient (Wildman–Crippen LogP) is 2.45. The van der Waals surface area contributed by atoms with E-state index in [1.807, 2.05) is 0 Å². The molecule has 1 saturated heterocycles. The number of amides is 1. The summed E-state index contributed by atoms with van der Waals surface area (Å²) in [6, 6.07) is 3.06. The average molecular weight is 295 g/mol. The highest BCUT2D eigenvalue weighted by Crippen LogP contribution is 2.28. The molecule has 1 amide bonds. The lowest BCUT2D eigenvalue weighted by Gasteiger charge is -2.28. The summed E-state index contributed by atoms with van der Waals surface area (Å²) < 4.78 is 13.7. The second-order valence-corrected chi connectivity index (χ2v) is 5.19. The number of benzene rings is 1. The van der Waals surface area contributed by atoms with Crippen LogP contribution in [0.1, 0.15) is 26.2 Å². The maximum atomic E-state index is 13.7. The van der Waals surface area contributed by atoms with Crippen LogP contribution in [0.15, 0.2) is 18.2 Å². The molecule has 6 nitrogen and oxygen atoms in total. The van der Waals surface area contributed by atoms with E-state index in [-0.39, 0.29) is 5.69 Å². The van der Waals surface area contributed by atoms with Gasteiger partial charge in [0.1, 0.15) is 0 Å². The number of para-hydroxylation sites is 1. The molecule has 114 valence electrons. The molecule has 1 aromatic carbocycles. The fourth-order valence-electron chi connectivity index (χ4n) is 2.57. The second-order valence-electron chi connectivity index (χ2n) is 5.19. The van der Waals surface area contributed by atoms with Crippen LogP contribution in [0.4, 0.5) is 15.8 Å². The quantitative estimate of drug-likeness (QED) is 0.660. The third kappa shape index (κ3) is 3.55. The van der Waals surface area contributed by atoms with Crippen molar-refractivity contribution >= 4 is 17.3 Å². The van der Waals surface area contributed by atoms with Gasteiger partial charge in [-0.3, -0.25) is 14.9 Å². The van der Waals surface area contributed by atoms with Crippen LogP contribution in [0.3, 0.4) is 0 Å². The van der Waals surface area contributed by atoms with E-state index in [4.69, 9.17) is 0 Å². The minimum Gasteiger partial charge on any atom is -0.317 e. The van der Waals surface area contributed by atoms with Crippen LogP contribution in [0, 0.1) is 21.8 Å². The number of halogens is 1. The summed E-state index contributed by atoms with van der Waals surface area (Å²) in [6.45, 7) is 2.78. The van der Waals surface area contributed by atoms with E-state index in [9.17, 15) is 19.3 Å². The van der Waals surface area contributed by atoms with Crippen molar-refractivity contribution in [2.75, 3.05) is 11.9 Å². The van der Waals surface area contributed by atoms with Crippen molar-refractivity contribution in [2.24, 2.45) is 5.92 Å². The Bertz CT molecular complexity index is 550. The molecule has 0 spiro atoms. The Morgan fingerprint density at radius 1 is 1.57 bits per heavy atom. The molecule has 2 atom stereocenters. The van der Waals surface area contributed by atoms with Gasteiger partial charge in [0.15, 0.2) is 11.5 Å². The SMILES string of the molecule is CCC1CCNC(C(=O)Nc2c(F)cccc2[N+](=O)[O-])C1. The molecule has 7 heteroatoms. The van der Waals surface area contributed by atoms with Gasteiger partial charge in [-0.1, -0.05) is 19.4 Å². The molecular formula is C14H18FN3O3. The first-order valence-corrected chi connectivity index (χ1v) is 7.00. The first-order valence-electron chi connectivity index (χ1n) is 7.00. The molecule has 0 saturated carbocycles. The van der Waals surface area contributed by atoms with E-state index in [0.29, 0.717) is 12.3 Å². The van der Waals surface area contributed by atoms with Gasteiger partial charge in [-0.05, 0) is 31.4 Å². The first kappa shape index (κ1) is 15.4. The molecule has 0 radical (unpaired) electrons. The number of nitrogens with zero attached hydrogens (tertiary/aromatic N) is 1. The summed E-state index contributed by atoms with van der Waals surface area (Å²) in [4.78, 5) is 22.4. The van der Waals surface area contributed by atoms with Crippen LogP contribution >= 0.6 is 0 Å². The number of carbonyl (C=O) groups is 1. The van der Waals surface area contributed by atoms with E-state index in [2.05, 4.69) is 17.6 Å². The smallest absolute Gasteiger partial charge is 0.295 e. The van der Waals surface area contributed by atoms with E-state index in [0.717, 1.165) is 25.5 Å². The molecule has 0 aromatic heterocycles. The van der Waals surface area contributed by atoms with Gasteiger partial charge < -0.3 is 10.6 Å². The molecule has 2 rings (SSSR count). The number of hydrogen-bond acceptors (Lipinski definition) is 4. The zero-order valence-corrected chi connectivity index (χ0v) is 11.8. The molecule has 2 N–H and O–H groups in total. The molecule has 1 fully saturated rings. The van der Waals surface area contributed by atoms with Crippen LogP contribution < -0.4 is 10.6 Å². The predicted molar refractivity (Wildman–Crippen MR) is 76.5 cm³/mol. The lowest BCUT2D eigenvalue weighted by Crippen LogP contribution is -2.46. The van der Waals surface area contributed by atoms with E-state index in [1.54, 1.807) is 0 Å². The summed E-state index contributed by atoms with van der Waals surface area (Å²) in [6.07, 6.45) is 2.63. The Labute approximate surface area is 121 Å². The Balaban J connectivity index is 2.14. The third-order valence-electron chi connectivity index (χ3n) is 3.84. The molecule has 2 unspecified atom stereocenters. The van der Waals surface area contributed by atoms with Gasteiger partial charge in [-0.2, -0.15) is 0 Å².